The van der Waals surface area contributed by atoms with Crippen LogP contribution in [0.2, 0.25) is 0 Å². The number of hydrogen-bond donors (Lipinski definition) is 0. The van der Waals surface area contributed by atoms with Gasteiger partial charge in [0.1, 0.15) is 11.4 Å². The van der Waals surface area contributed by atoms with Crippen molar-refractivity contribution in [3.05, 3.63) is 85.5 Å². The minimum absolute atomic E-state index is 0. The number of hydrogen-bond acceptors (Lipinski definition) is 6. The average molecular weight is 332 g/mol. The van der Waals surface area contributed by atoms with E-state index in [1.165, 1.54) is 0 Å². The van der Waals surface area contributed by atoms with Gasteiger partial charge in [0.25, 0.3) is 0 Å². The SMILES string of the molecule is O.c1ccc(-c2cccnn2)nc1.c1ccc(-c2cccnn2)nc1. The zero-order chi connectivity index (χ0) is 16.5. The average Bonchev–Trinajstić information content (AvgIpc) is 2.71. The molecule has 0 bridgehead atoms. The Kier molecular flexibility index (Phi) is 6.78. The molecule has 0 aliphatic rings. The molecule has 0 unspecified atom stereocenters. The normalized spacial score (nSPS) is 9.28. The van der Waals surface area contributed by atoms with Crippen LogP contribution in [0.25, 0.3) is 22.8 Å². The molecule has 7 nitrogen and oxygen atoms in total. The molecule has 0 amide bonds. The van der Waals surface area contributed by atoms with Gasteiger partial charge in [-0.25, -0.2) is 0 Å². The zero-order valence-corrected chi connectivity index (χ0v) is 13.3. The molecule has 4 rings (SSSR count). The highest BCUT2D eigenvalue weighted by Gasteiger charge is 1.97. The summed E-state index contributed by atoms with van der Waals surface area (Å²) in [5, 5.41) is 15.4. The van der Waals surface area contributed by atoms with Crippen molar-refractivity contribution in [1.82, 2.24) is 30.4 Å². The van der Waals surface area contributed by atoms with Crippen LogP contribution in [0.5, 0.6) is 0 Å². The lowest BCUT2D eigenvalue weighted by Crippen LogP contribution is -1.87. The van der Waals surface area contributed by atoms with Crippen LogP contribution in [0.4, 0.5) is 0 Å². The molecule has 0 aromatic carbocycles. The van der Waals surface area contributed by atoms with Crippen molar-refractivity contribution in [1.29, 1.82) is 0 Å². The Hall–Kier alpha value is -3.58. The number of pyridine rings is 2. The van der Waals surface area contributed by atoms with Crippen LogP contribution in [0.15, 0.2) is 85.5 Å². The maximum atomic E-state index is 4.15. The lowest BCUT2D eigenvalue weighted by molar-refractivity contribution is 0.824. The fraction of sp³-hybridized carbons (Fsp3) is 0. The van der Waals surface area contributed by atoms with Crippen LogP contribution >= 0.6 is 0 Å². The highest BCUT2D eigenvalue weighted by atomic mass is 16.0. The molecule has 0 saturated carbocycles. The highest BCUT2D eigenvalue weighted by molar-refractivity contribution is 5.52. The van der Waals surface area contributed by atoms with Crippen molar-refractivity contribution in [2.75, 3.05) is 0 Å². The molecule has 4 aromatic rings. The van der Waals surface area contributed by atoms with E-state index in [1.807, 2.05) is 60.7 Å². The highest BCUT2D eigenvalue weighted by Crippen LogP contribution is 2.10. The van der Waals surface area contributed by atoms with Gasteiger partial charge in [-0.15, -0.1) is 10.2 Å². The minimum atomic E-state index is 0. The fourth-order valence-electron chi connectivity index (χ4n) is 1.90. The van der Waals surface area contributed by atoms with E-state index in [-0.39, 0.29) is 5.48 Å². The van der Waals surface area contributed by atoms with Crippen molar-refractivity contribution < 1.29 is 5.48 Å². The zero-order valence-electron chi connectivity index (χ0n) is 13.3. The van der Waals surface area contributed by atoms with Crippen LogP contribution in [-0.4, -0.2) is 35.8 Å². The maximum absolute atomic E-state index is 4.15. The molecule has 0 aliphatic carbocycles. The summed E-state index contributed by atoms with van der Waals surface area (Å²) >= 11 is 0. The Bertz CT molecular complexity index is 695. The van der Waals surface area contributed by atoms with E-state index >= 15 is 0 Å². The maximum Gasteiger partial charge on any atom is 0.111 e. The standard InChI is InChI=1S/2C9H7N3.H2O/c2*1-2-6-10-8(4-1)9-5-3-7-11-12-9;/h2*1-7H;1H2. The first-order chi connectivity index (χ1) is 11.9. The Morgan fingerprint density at radius 1 is 0.440 bits per heavy atom. The molecule has 25 heavy (non-hydrogen) atoms. The molecule has 0 fully saturated rings. The van der Waals surface area contributed by atoms with Gasteiger partial charge in [0.15, 0.2) is 0 Å². The molecule has 4 heterocycles. The second-order valence-electron chi connectivity index (χ2n) is 4.65. The number of aromatic nitrogens is 6. The Morgan fingerprint density at radius 3 is 1.20 bits per heavy atom. The lowest BCUT2D eigenvalue weighted by Gasteiger charge is -1.95. The van der Waals surface area contributed by atoms with E-state index < -0.39 is 0 Å². The molecular formula is C18H16N6O. The van der Waals surface area contributed by atoms with E-state index in [1.54, 1.807) is 24.8 Å². The molecule has 7 heteroatoms. The number of nitrogens with zero attached hydrogens (tertiary/aromatic N) is 6. The second-order valence-corrected chi connectivity index (χ2v) is 4.65. The summed E-state index contributed by atoms with van der Waals surface area (Å²) in [5.74, 6) is 0. The molecule has 124 valence electrons. The van der Waals surface area contributed by atoms with Gasteiger partial charge < -0.3 is 5.48 Å². The van der Waals surface area contributed by atoms with Gasteiger partial charge in [-0.3, -0.25) is 9.97 Å². The first-order valence-electron chi connectivity index (χ1n) is 7.32. The van der Waals surface area contributed by atoms with Crippen molar-refractivity contribution in [3.8, 4) is 22.8 Å². The van der Waals surface area contributed by atoms with E-state index in [0.717, 1.165) is 22.8 Å². The van der Waals surface area contributed by atoms with Gasteiger partial charge in [0, 0.05) is 24.8 Å². The molecule has 0 radical (unpaired) electrons. The van der Waals surface area contributed by atoms with E-state index in [0.29, 0.717) is 0 Å². The molecule has 0 aliphatic heterocycles. The van der Waals surface area contributed by atoms with E-state index in [4.69, 9.17) is 0 Å². The van der Waals surface area contributed by atoms with Gasteiger partial charge in [0.2, 0.25) is 0 Å². The van der Waals surface area contributed by atoms with Crippen LogP contribution in [0.1, 0.15) is 0 Å². The topological polar surface area (TPSA) is 109 Å². The Labute approximate surface area is 144 Å². The minimum Gasteiger partial charge on any atom is -0.412 e. The van der Waals surface area contributed by atoms with E-state index in [2.05, 4.69) is 30.4 Å². The van der Waals surface area contributed by atoms with Crippen molar-refractivity contribution in [3.63, 3.8) is 0 Å². The van der Waals surface area contributed by atoms with Gasteiger partial charge in [-0.1, -0.05) is 12.1 Å². The van der Waals surface area contributed by atoms with Gasteiger partial charge in [-0.05, 0) is 48.5 Å². The van der Waals surface area contributed by atoms with Gasteiger partial charge in [-0.2, -0.15) is 10.2 Å². The van der Waals surface area contributed by atoms with Crippen LogP contribution in [0, 0.1) is 0 Å². The molecular weight excluding hydrogens is 316 g/mol. The summed E-state index contributed by atoms with van der Waals surface area (Å²) in [4.78, 5) is 8.29. The Morgan fingerprint density at radius 2 is 0.880 bits per heavy atom. The van der Waals surface area contributed by atoms with E-state index in [9.17, 15) is 0 Å². The van der Waals surface area contributed by atoms with Crippen molar-refractivity contribution in [2.24, 2.45) is 0 Å². The summed E-state index contributed by atoms with van der Waals surface area (Å²) in [6.45, 7) is 0. The van der Waals surface area contributed by atoms with Gasteiger partial charge in [0.05, 0.1) is 11.4 Å². The molecule has 0 atom stereocenters. The predicted molar refractivity (Wildman–Crippen MR) is 94.1 cm³/mol. The summed E-state index contributed by atoms with van der Waals surface area (Å²) in [5.41, 5.74) is 3.31. The van der Waals surface area contributed by atoms with Crippen molar-refractivity contribution in [2.45, 2.75) is 0 Å². The predicted octanol–water partition coefficient (Wildman–Crippen LogP) is 2.25. The molecule has 4 aromatic heterocycles. The number of rotatable bonds is 2. The van der Waals surface area contributed by atoms with Crippen LogP contribution in [0.3, 0.4) is 0 Å². The molecule has 0 saturated heterocycles. The van der Waals surface area contributed by atoms with Crippen LogP contribution in [-0.2, 0) is 0 Å². The largest absolute Gasteiger partial charge is 0.412 e. The fourth-order valence-corrected chi connectivity index (χ4v) is 1.90. The summed E-state index contributed by atoms with van der Waals surface area (Å²) < 4.78 is 0. The summed E-state index contributed by atoms with van der Waals surface area (Å²) in [6.07, 6.45) is 6.77. The third kappa shape index (κ3) is 5.22. The third-order valence-electron chi connectivity index (χ3n) is 3.00. The first-order valence-corrected chi connectivity index (χ1v) is 7.32. The second kappa shape index (κ2) is 9.53. The monoisotopic (exact) mass is 332 g/mol. The Balaban J connectivity index is 0.000000173. The summed E-state index contributed by atoms with van der Waals surface area (Å²) in [7, 11) is 0. The van der Waals surface area contributed by atoms with Gasteiger partial charge >= 0.3 is 0 Å². The quantitative estimate of drug-likeness (QED) is 0.557. The molecule has 2 N–H and O–H groups in total. The molecule has 0 spiro atoms. The third-order valence-corrected chi connectivity index (χ3v) is 3.00. The smallest absolute Gasteiger partial charge is 0.111 e. The van der Waals surface area contributed by atoms with Crippen molar-refractivity contribution >= 4 is 0 Å². The lowest BCUT2D eigenvalue weighted by atomic mass is 10.2. The first kappa shape index (κ1) is 17.8. The summed E-state index contributed by atoms with van der Waals surface area (Å²) in [6, 6.07) is 18.9. The van der Waals surface area contributed by atoms with Crippen LogP contribution < -0.4 is 0 Å².